The molecule has 5 nitrogen and oxygen atoms in total. The maximum absolute atomic E-state index is 12.5. The fraction of sp³-hybridized carbons (Fsp3) is 0.364. The van der Waals surface area contributed by atoms with Gasteiger partial charge in [-0.1, -0.05) is 18.2 Å². The number of carbonyl (C=O) groups excluding carboxylic acids is 2. The summed E-state index contributed by atoms with van der Waals surface area (Å²) in [5.41, 5.74) is 2.85. The molecule has 2 amide bonds. The van der Waals surface area contributed by atoms with E-state index in [1.165, 1.54) is 24.9 Å². The Morgan fingerprint density at radius 3 is 2.26 bits per heavy atom. The molecule has 0 aromatic heterocycles. The van der Waals surface area contributed by atoms with Crippen LogP contribution in [0.3, 0.4) is 0 Å². The van der Waals surface area contributed by atoms with Crippen LogP contribution in [0.4, 0.5) is 17.1 Å². The molecule has 0 saturated carbocycles. The van der Waals surface area contributed by atoms with Gasteiger partial charge in [-0.05, 0) is 55.7 Å². The van der Waals surface area contributed by atoms with Crippen LogP contribution in [0.1, 0.15) is 25.7 Å². The zero-order valence-corrected chi connectivity index (χ0v) is 15.4. The van der Waals surface area contributed by atoms with Crippen molar-refractivity contribution < 1.29 is 9.59 Å². The van der Waals surface area contributed by atoms with Crippen LogP contribution >= 0.6 is 0 Å². The maximum atomic E-state index is 12.5. The van der Waals surface area contributed by atoms with Crippen molar-refractivity contribution in [3.8, 4) is 0 Å². The van der Waals surface area contributed by atoms with Crippen molar-refractivity contribution in [1.29, 1.82) is 0 Å². The van der Waals surface area contributed by atoms with Crippen LogP contribution in [0, 0.1) is 5.92 Å². The Bertz CT molecular complexity index is 798. The second kappa shape index (κ2) is 7.82. The highest BCUT2D eigenvalue weighted by atomic mass is 16.2. The predicted octanol–water partition coefficient (Wildman–Crippen LogP) is 3.67. The first-order valence-electron chi connectivity index (χ1n) is 9.72. The number of nitrogens with zero attached hydrogens (tertiary/aromatic N) is 2. The van der Waals surface area contributed by atoms with Gasteiger partial charge in [-0.2, -0.15) is 0 Å². The van der Waals surface area contributed by atoms with Crippen molar-refractivity contribution in [2.75, 3.05) is 34.8 Å². The number of piperidine rings is 1. The van der Waals surface area contributed by atoms with Crippen LogP contribution in [0.5, 0.6) is 0 Å². The summed E-state index contributed by atoms with van der Waals surface area (Å²) in [6.45, 7) is 2.63. The fourth-order valence-corrected chi connectivity index (χ4v) is 3.89. The zero-order valence-electron chi connectivity index (χ0n) is 15.4. The molecule has 2 aromatic carbocycles. The highest BCUT2D eigenvalue weighted by Crippen LogP contribution is 2.28. The topological polar surface area (TPSA) is 52.7 Å². The first-order chi connectivity index (χ1) is 13.2. The van der Waals surface area contributed by atoms with E-state index < -0.39 is 0 Å². The van der Waals surface area contributed by atoms with Crippen molar-refractivity contribution in [3.63, 3.8) is 0 Å². The largest absolute Gasteiger partial charge is 0.372 e. The molecule has 2 saturated heterocycles. The molecule has 1 atom stereocenters. The van der Waals surface area contributed by atoms with Gasteiger partial charge in [0.1, 0.15) is 0 Å². The average Bonchev–Trinajstić information content (AvgIpc) is 3.11. The molecule has 2 aromatic rings. The van der Waals surface area contributed by atoms with Gasteiger partial charge in [0.15, 0.2) is 0 Å². The number of benzene rings is 2. The van der Waals surface area contributed by atoms with Crippen molar-refractivity contribution in [3.05, 3.63) is 54.6 Å². The van der Waals surface area contributed by atoms with Gasteiger partial charge in [0.2, 0.25) is 11.8 Å². The summed E-state index contributed by atoms with van der Waals surface area (Å²) in [6.07, 6.45) is 4.05. The first-order valence-corrected chi connectivity index (χ1v) is 9.72. The lowest BCUT2D eigenvalue weighted by Crippen LogP contribution is -2.30. The van der Waals surface area contributed by atoms with Gasteiger partial charge in [0.25, 0.3) is 0 Å². The number of rotatable bonds is 4. The SMILES string of the molecule is O=C(Nc1ccccc1)C1CC(=O)N(c2ccc(N3CCCCC3)cc2)C1. The van der Waals surface area contributed by atoms with Crippen molar-refractivity contribution in [2.45, 2.75) is 25.7 Å². The number of para-hydroxylation sites is 1. The van der Waals surface area contributed by atoms with Gasteiger partial charge in [-0.25, -0.2) is 0 Å². The third-order valence-corrected chi connectivity index (χ3v) is 5.42. The van der Waals surface area contributed by atoms with Crippen molar-refractivity contribution >= 4 is 28.9 Å². The van der Waals surface area contributed by atoms with Crippen molar-refractivity contribution in [2.24, 2.45) is 5.92 Å². The molecule has 2 fully saturated rings. The van der Waals surface area contributed by atoms with Crippen LogP contribution in [0.15, 0.2) is 54.6 Å². The van der Waals surface area contributed by atoms with E-state index in [1.54, 1.807) is 4.90 Å². The normalized spacial score (nSPS) is 20.0. The summed E-state index contributed by atoms with van der Waals surface area (Å²) < 4.78 is 0. The lowest BCUT2D eigenvalue weighted by atomic mass is 10.1. The molecule has 0 spiro atoms. The molecule has 2 aliphatic rings. The highest BCUT2D eigenvalue weighted by Gasteiger charge is 2.35. The Morgan fingerprint density at radius 2 is 1.56 bits per heavy atom. The number of anilines is 3. The van der Waals surface area contributed by atoms with Gasteiger partial charge in [0.05, 0.1) is 5.92 Å². The van der Waals surface area contributed by atoms with Crippen LogP contribution in [0.2, 0.25) is 0 Å². The van der Waals surface area contributed by atoms with Crippen LogP contribution in [-0.4, -0.2) is 31.4 Å². The average molecular weight is 363 g/mol. The molecule has 5 heteroatoms. The Hall–Kier alpha value is -2.82. The smallest absolute Gasteiger partial charge is 0.229 e. The Morgan fingerprint density at radius 1 is 0.889 bits per heavy atom. The van der Waals surface area contributed by atoms with E-state index in [0.717, 1.165) is 24.5 Å². The van der Waals surface area contributed by atoms with Crippen LogP contribution in [-0.2, 0) is 9.59 Å². The summed E-state index contributed by atoms with van der Waals surface area (Å²) in [4.78, 5) is 29.1. The zero-order chi connectivity index (χ0) is 18.6. The van der Waals surface area contributed by atoms with E-state index in [1.807, 2.05) is 42.5 Å². The second-order valence-electron chi connectivity index (χ2n) is 7.32. The van der Waals surface area contributed by atoms with E-state index in [-0.39, 0.29) is 24.2 Å². The summed E-state index contributed by atoms with van der Waals surface area (Å²) in [5, 5.41) is 2.90. The van der Waals surface area contributed by atoms with Crippen molar-refractivity contribution in [1.82, 2.24) is 0 Å². The number of hydrogen-bond acceptors (Lipinski definition) is 3. The molecule has 0 bridgehead atoms. The molecule has 2 aliphatic heterocycles. The van der Waals surface area contributed by atoms with E-state index >= 15 is 0 Å². The van der Waals surface area contributed by atoms with Gasteiger partial charge in [-0.15, -0.1) is 0 Å². The van der Waals surface area contributed by atoms with Gasteiger partial charge in [-0.3, -0.25) is 9.59 Å². The summed E-state index contributed by atoms with van der Waals surface area (Å²) in [7, 11) is 0. The number of nitrogens with one attached hydrogen (secondary N) is 1. The molecular weight excluding hydrogens is 338 g/mol. The van der Waals surface area contributed by atoms with Gasteiger partial charge < -0.3 is 15.1 Å². The number of hydrogen-bond donors (Lipinski definition) is 1. The van der Waals surface area contributed by atoms with E-state index in [9.17, 15) is 9.59 Å². The molecule has 1 N–H and O–H groups in total. The summed E-state index contributed by atoms with van der Waals surface area (Å²) in [6, 6.07) is 17.5. The molecule has 27 heavy (non-hydrogen) atoms. The Labute approximate surface area is 160 Å². The highest BCUT2D eigenvalue weighted by molar-refractivity contribution is 6.03. The minimum Gasteiger partial charge on any atom is -0.372 e. The van der Waals surface area contributed by atoms with Gasteiger partial charge >= 0.3 is 0 Å². The molecule has 1 unspecified atom stereocenters. The predicted molar refractivity (Wildman–Crippen MR) is 108 cm³/mol. The van der Waals surface area contributed by atoms with Crippen LogP contribution in [0.25, 0.3) is 0 Å². The van der Waals surface area contributed by atoms with E-state index in [0.29, 0.717) is 6.54 Å². The molecular formula is C22H25N3O2. The molecule has 0 radical (unpaired) electrons. The minimum atomic E-state index is -0.320. The Kier molecular flexibility index (Phi) is 5.10. The quantitative estimate of drug-likeness (QED) is 0.902. The lowest BCUT2D eigenvalue weighted by Gasteiger charge is -2.29. The summed E-state index contributed by atoms with van der Waals surface area (Å²) in [5.74, 6) is -0.407. The standard InChI is InChI=1S/C22H25N3O2/c26-21-15-17(22(27)23-18-7-3-1-4-8-18)16-25(21)20-11-9-19(10-12-20)24-13-5-2-6-14-24/h1,3-4,7-12,17H,2,5-6,13-16H2,(H,23,27). The maximum Gasteiger partial charge on any atom is 0.229 e. The number of amides is 2. The third-order valence-electron chi connectivity index (χ3n) is 5.42. The fourth-order valence-electron chi connectivity index (χ4n) is 3.89. The Balaban J connectivity index is 1.40. The molecule has 140 valence electrons. The second-order valence-corrected chi connectivity index (χ2v) is 7.32. The summed E-state index contributed by atoms with van der Waals surface area (Å²) >= 11 is 0. The minimum absolute atomic E-state index is 0.00827. The molecule has 4 rings (SSSR count). The lowest BCUT2D eigenvalue weighted by molar-refractivity contribution is -0.122. The van der Waals surface area contributed by atoms with Crippen LogP contribution < -0.4 is 15.1 Å². The van der Waals surface area contributed by atoms with E-state index in [4.69, 9.17) is 0 Å². The monoisotopic (exact) mass is 363 g/mol. The molecule has 0 aliphatic carbocycles. The third kappa shape index (κ3) is 3.97. The molecule has 2 heterocycles. The first kappa shape index (κ1) is 17.6. The number of carbonyl (C=O) groups is 2. The van der Waals surface area contributed by atoms with E-state index in [2.05, 4.69) is 22.3 Å². The van der Waals surface area contributed by atoms with Gasteiger partial charge in [0, 0.05) is 43.1 Å².